The zero-order valence-corrected chi connectivity index (χ0v) is 8.97. The van der Waals surface area contributed by atoms with Gasteiger partial charge in [0.25, 0.3) is 0 Å². The molecule has 0 amide bonds. The van der Waals surface area contributed by atoms with Crippen LogP contribution in [-0.4, -0.2) is 13.1 Å². The van der Waals surface area contributed by atoms with E-state index in [2.05, 4.69) is 0 Å². The summed E-state index contributed by atoms with van der Waals surface area (Å²) in [5.74, 6) is 1.68. The van der Waals surface area contributed by atoms with Gasteiger partial charge in [0.2, 0.25) is 0 Å². The third kappa shape index (κ3) is 0.892. The van der Waals surface area contributed by atoms with Crippen LogP contribution < -0.4 is 11.5 Å². The van der Waals surface area contributed by atoms with Gasteiger partial charge in [0.1, 0.15) is 0 Å². The van der Waals surface area contributed by atoms with Crippen molar-refractivity contribution in [1.82, 2.24) is 0 Å². The average molecular weight is 194 g/mol. The minimum absolute atomic E-state index is 0.714. The fourth-order valence-electron chi connectivity index (χ4n) is 4.74. The molecule has 0 heterocycles. The van der Waals surface area contributed by atoms with Crippen LogP contribution in [0.15, 0.2) is 0 Å². The Kier molecular flexibility index (Phi) is 1.79. The summed E-state index contributed by atoms with van der Waals surface area (Å²) in [4.78, 5) is 0. The number of hydrogen-bond donors (Lipinski definition) is 2. The molecule has 4 N–H and O–H groups in total. The molecule has 4 atom stereocenters. The number of nitrogens with two attached hydrogens (primary N) is 2. The second-order valence-corrected chi connectivity index (χ2v) is 5.95. The van der Waals surface area contributed by atoms with Gasteiger partial charge >= 0.3 is 0 Å². The maximum Gasteiger partial charge on any atom is -0.00431 e. The van der Waals surface area contributed by atoms with E-state index >= 15 is 0 Å². The predicted molar refractivity (Wildman–Crippen MR) is 57.7 cm³/mol. The molecule has 3 fully saturated rings. The van der Waals surface area contributed by atoms with Crippen LogP contribution in [0.5, 0.6) is 0 Å². The van der Waals surface area contributed by atoms with Gasteiger partial charge in [0, 0.05) is 0 Å². The summed E-state index contributed by atoms with van der Waals surface area (Å²) in [6.45, 7) is 1.83. The van der Waals surface area contributed by atoms with Gasteiger partial charge in [-0.25, -0.2) is 0 Å². The van der Waals surface area contributed by atoms with Crippen molar-refractivity contribution >= 4 is 0 Å². The molecule has 3 rings (SSSR count). The zero-order chi connectivity index (χ0) is 9.81. The molecule has 3 aliphatic carbocycles. The van der Waals surface area contributed by atoms with E-state index in [4.69, 9.17) is 11.5 Å². The van der Waals surface area contributed by atoms with Crippen LogP contribution in [0.2, 0.25) is 0 Å². The Morgan fingerprint density at radius 1 is 1.14 bits per heavy atom. The third-order valence-electron chi connectivity index (χ3n) is 5.54. The quantitative estimate of drug-likeness (QED) is 0.700. The molecular formula is C12H22N2. The Morgan fingerprint density at radius 3 is 2.71 bits per heavy atom. The molecule has 0 aromatic rings. The maximum absolute atomic E-state index is 5.84. The lowest BCUT2D eigenvalue weighted by atomic mass is 9.62. The van der Waals surface area contributed by atoms with E-state index < -0.39 is 0 Å². The highest BCUT2D eigenvalue weighted by Crippen LogP contribution is 2.84. The topological polar surface area (TPSA) is 52.0 Å². The SMILES string of the molecule is NCC1CCCC23CC2(C1)CC3CN. The van der Waals surface area contributed by atoms with E-state index in [1.807, 2.05) is 0 Å². The van der Waals surface area contributed by atoms with Gasteiger partial charge in [-0.2, -0.15) is 0 Å². The summed E-state index contributed by atoms with van der Waals surface area (Å²) in [5.41, 5.74) is 13.1. The lowest BCUT2D eigenvalue weighted by Crippen LogP contribution is -2.41. The maximum atomic E-state index is 5.84. The summed E-state index contributed by atoms with van der Waals surface area (Å²) >= 11 is 0. The standard InChI is InChI=1S/C12H22N2/c13-6-9-2-1-3-12-8-11(12,4-9)5-10(12)7-14/h9-10H,1-8,13-14H2. The first-order valence-electron chi connectivity index (χ1n) is 6.16. The zero-order valence-electron chi connectivity index (χ0n) is 8.97. The van der Waals surface area contributed by atoms with Crippen LogP contribution in [0, 0.1) is 22.7 Å². The molecule has 4 unspecified atom stereocenters. The van der Waals surface area contributed by atoms with E-state index in [0.717, 1.165) is 30.3 Å². The normalized spacial score (nSPS) is 55.3. The van der Waals surface area contributed by atoms with Crippen molar-refractivity contribution in [3.8, 4) is 0 Å². The minimum atomic E-state index is 0.714. The molecule has 3 saturated carbocycles. The monoisotopic (exact) mass is 194 g/mol. The lowest BCUT2D eigenvalue weighted by Gasteiger charge is -2.43. The molecule has 14 heavy (non-hydrogen) atoms. The fraction of sp³-hybridized carbons (Fsp3) is 1.00. The molecule has 0 aliphatic heterocycles. The van der Waals surface area contributed by atoms with Crippen LogP contribution in [0.1, 0.15) is 38.5 Å². The summed E-state index contributed by atoms with van der Waals surface area (Å²) in [6, 6.07) is 0. The van der Waals surface area contributed by atoms with E-state index in [1.165, 1.54) is 38.5 Å². The van der Waals surface area contributed by atoms with Gasteiger partial charge in [0.05, 0.1) is 0 Å². The van der Waals surface area contributed by atoms with E-state index in [-0.39, 0.29) is 0 Å². The largest absolute Gasteiger partial charge is 0.330 e. The Bertz CT molecular complexity index is 249. The van der Waals surface area contributed by atoms with Crippen molar-refractivity contribution in [2.75, 3.05) is 13.1 Å². The molecule has 3 aliphatic rings. The average Bonchev–Trinajstić information content (AvgIpc) is 2.67. The highest BCUT2D eigenvalue weighted by molar-refractivity contribution is 5.26. The first kappa shape index (κ1) is 9.17. The molecular weight excluding hydrogens is 172 g/mol. The lowest BCUT2D eigenvalue weighted by molar-refractivity contribution is 0.0637. The van der Waals surface area contributed by atoms with E-state index in [0.29, 0.717) is 5.41 Å². The van der Waals surface area contributed by atoms with Crippen molar-refractivity contribution in [3.63, 3.8) is 0 Å². The molecule has 0 radical (unpaired) electrons. The van der Waals surface area contributed by atoms with Crippen molar-refractivity contribution < 1.29 is 0 Å². The summed E-state index contributed by atoms with van der Waals surface area (Å²) < 4.78 is 0. The van der Waals surface area contributed by atoms with Gasteiger partial charge in [-0.05, 0) is 67.9 Å². The fourth-order valence-corrected chi connectivity index (χ4v) is 4.74. The van der Waals surface area contributed by atoms with Crippen LogP contribution in [0.4, 0.5) is 0 Å². The van der Waals surface area contributed by atoms with Crippen molar-refractivity contribution in [1.29, 1.82) is 0 Å². The Labute approximate surface area is 86.4 Å². The number of rotatable bonds is 2. The van der Waals surface area contributed by atoms with Crippen LogP contribution in [-0.2, 0) is 0 Å². The summed E-state index contributed by atoms with van der Waals surface area (Å²) in [7, 11) is 0. The number of hydrogen-bond acceptors (Lipinski definition) is 2. The van der Waals surface area contributed by atoms with Gasteiger partial charge in [-0.1, -0.05) is 6.42 Å². The van der Waals surface area contributed by atoms with Crippen LogP contribution >= 0.6 is 0 Å². The van der Waals surface area contributed by atoms with Crippen molar-refractivity contribution in [2.45, 2.75) is 38.5 Å². The smallest absolute Gasteiger partial charge is 0.00431 e. The van der Waals surface area contributed by atoms with Gasteiger partial charge < -0.3 is 11.5 Å². The summed E-state index contributed by atoms with van der Waals surface area (Å²) in [5, 5.41) is 0. The highest BCUT2D eigenvalue weighted by Gasteiger charge is 2.77. The first-order chi connectivity index (χ1) is 6.76. The molecule has 0 bridgehead atoms. The molecule has 2 heteroatoms. The second kappa shape index (κ2) is 2.73. The molecule has 2 nitrogen and oxygen atoms in total. The Balaban J connectivity index is 1.77. The van der Waals surface area contributed by atoms with Crippen molar-refractivity contribution in [2.24, 2.45) is 34.1 Å². The third-order valence-corrected chi connectivity index (χ3v) is 5.54. The Hall–Kier alpha value is -0.0800. The highest BCUT2D eigenvalue weighted by atomic mass is 14.8. The molecule has 0 aromatic heterocycles. The second-order valence-electron chi connectivity index (χ2n) is 5.95. The molecule has 0 aromatic carbocycles. The molecule has 80 valence electrons. The van der Waals surface area contributed by atoms with Crippen molar-refractivity contribution in [3.05, 3.63) is 0 Å². The van der Waals surface area contributed by atoms with Crippen LogP contribution in [0.3, 0.4) is 0 Å². The molecule has 0 saturated heterocycles. The first-order valence-corrected chi connectivity index (χ1v) is 6.16. The minimum Gasteiger partial charge on any atom is -0.330 e. The Morgan fingerprint density at radius 2 is 2.00 bits per heavy atom. The van der Waals surface area contributed by atoms with Gasteiger partial charge in [-0.15, -0.1) is 0 Å². The van der Waals surface area contributed by atoms with E-state index in [1.54, 1.807) is 0 Å². The summed E-state index contributed by atoms with van der Waals surface area (Å²) in [6.07, 6.45) is 8.54. The molecule has 0 spiro atoms. The van der Waals surface area contributed by atoms with Gasteiger partial charge in [-0.3, -0.25) is 0 Å². The van der Waals surface area contributed by atoms with Gasteiger partial charge in [0.15, 0.2) is 0 Å². The van der Waals surface area contributed by atoms with E-state index in [9.17, 15) is 0 Å². The van der Waals surface area contributed by atoms with Crippen LogP contribution in [0.25, 0.3) is 0 Å². The predicted octanol–water partition coefficient (Wildman–Crippen LogP) is 1.49.